The zero-order chi connectivity index (χ0) is 24.4. The summed E-state index contributed by atoms with van der Waals surface area (Å²) >= 11 is 0. The number of benzene rings is 1. The minimum absolute atomic E-state index is 0.0723. The number of esters is 1. The van der Waals surface area contributed by atoms with Crippen molar-refractivity contribution in [3.8, 4) is 0 Å². The van der Waals surface area contributed by atoms with Crippen molar-refractivity contribution in [1.29, 1.82) is 0 Å². The van der Waals surface area contributed by atoms with Crippen LogP contribution in [0.3, 0.4) is 0 Å². The molecule has 3 heterocycles. The molecule has 182 valence electrons. The Kier molecular flexibility index (Phi) is 7.25. The molecule has 4 rings (SSSR count). The predicted molar refractivity (Wildman–Crippen MR) is 116 cm³/mol. The van der Waals surface area contributed by atoms with E-state index in [1.165, 1.54) is 33.4 Å². The minimum atomic E-state index is -6.09. The van der Waals surface area contributed by atoms with Crippen LogP contribution in [0.2, 0.25) is 0 Å². The van der Waals surface area contributed by atoms with E-state index in [4.69, 9.17) is 17.7 Å². The standard InChI is InChI=1S/C21H27N2O2.CHF3O3S/c1-3-15-8-7-12-23(14-19(24)25-4-2)13-11-17-16-9-5-6-10-18(16)22-20(17)21(15)23;2-1(3,4)8(5,6)7/h5-6,9-10,22H,3-4,7-8,11-14H2,1-2H3;(H,5,6,7)/q+1;/p-1. The Morgan fingerprint density at radius 1 is 1.18 bits per heavy atom. The molecule has 1 aromatic heterocycles. The highest BCUT2D eigenvalue weighted by atomic mass is 32.2. The van der Waals surface area contributed by atoms with Crippen molar-refractivity contribution in [3.63, 3.8) is 0 Å². The number of carbonyl (C=O) groups is 1. The zero-order valence-corrected chi connectivity index (χ0v) is 19.3. The lowest BCUT2D eigenvalue weighted by Gasteiger charge is -2.45. The summed E-state index contributed by atoms with van der Waals surface area (Å²) < 4.78 is 65.0. The first-order chi connectivity index (χ1) is 15.4. The molecule has 0 fully saturated rings. The van der Waals surface area contributed by atoms with Crippen molar-refractivity contribution >= 4 is 32.7 Å². The number of fused-ring (bicyclic) bond motifs is 5. The number of nitrogens with zero attached hydrogens (tertiary/aromatic N) is 1. The first-order valence-corrected chi connectivity index (χ1v) is 12.2. The summed E-state index contributed by atoms with van der Waals surface area (Å²) in [5, 5.41) is 1.33. The molecule has 0 spiro atoms. The Morgan fingerprint density at radius 2 is 1.85 bits per heavy atom. The third-order valence-corrected chi connectivity index (χ3v) is 6.73. The van der Waals surface area contributed by atoms with Gasteiger partial charge in [0.15, 0.2) is 22.4 Å². The molecule has 7 nitrogen and oxygen atoms in total. The molecule has 2 aliphatic rings. The van der Waals surface area contributed by atoms with E-state index in [-0.39, 0.29) is 5.97 Å². The monoisotopic (exact) mass is 488 g/mol. The highest BCUT2D eigenvalue weighted by Crippen LogP contribution is 2.44. The van der Waals surface area contributed by atoms with E-state index in [1.54, 1.807) is 0 Å². The van der Waals surface area contributed by atoms with E-state index >= 15 is 0 Å². The molecule has 0 radical (unpaired) electrons. The summed E-state index contributed by atoms with van der Waals surface area (Å²) in [6, 6.07) is 8.57. The lowest BCUT2D eigenvalue weighted by atomic mass is 9.88. The molecule has 0 aliphatic carbocycles. The van der Waals surface area contributed by atoms with Gasteiger partial charge in [-0.1, -0.05) is 25.1 Å². The number of carbonyl (C=O) groups excluding carboxylic acids is 1. The van der Waals surface area contributed by atoms with Gasteiger partial charge in [0.05, 0.1) is 19.7 Å². The van der Waals surface area contributed by atoms with Gasteiger partial charge >= 0.3 is 11.5 Å². The van der Waals surface area contributed by atoms with E-state index < -0.39 is 15.6 Å². The van der Waals surface area contributed by atoms with Gasteiger partial charge in [-0.25, -0.2) is 13.2 Å². The number of quaternary nitrogens is 1. The van der Waals surface area contributed by atoms with Crippen LogP contribution in [0.5, 0.6) is 0 Å². The minimum Gasteiger partial charge on any atom is -0.741 e. The quantitative estimate of drug-likeness (QED) is 0.303. The maximum atomic E-state index is 12.4. The summed E-state index contributed by atoms with van der Waals surface area (Å²) in [4.78, 5) is 16.1. The predicted octanol–water partition coefficient (Wildman–Crippen LogP) is 4.07. The van der Waals surface area contributed by atoms with Crippen molar-refractivity contribution in [1.82, 2.24) is 4.98 Å². The normalized spacial score (nSPS) is 20.5. The second kappa shape index (κ2) is 9.47. The fourth-order valence-electron chi connectivity index (χ4n) is 4.82. The molecular weight excluding hydrogens is 461 g/mol. The van der Waals surface area contributed by atoms with Crippen LogP contribution in [0.1, 0.15) is 44.4 Å². The largest absolute Gasteiger partial charge is 0.741 e. The van der Waals surface area contributed by atoms with Crippen molar-refractivity contribution < 1.29 is 40.2 Å². The van der Waals surface area contributed by atoms with Gasteiger partial charge in [0.25, 0.3) is 0 Å². The molecule has 1 aromatic carbocycles. The van der Waals surface area contributed by atoms with Crippen LogP contribution in [-0.2, 0) is 26.1 Å². The van der Waals surface area contributed by atoms with Gasteiger partial charge in [0.2, 0.25) is 0 Å². The molecular formula is C22H27F3N2O5S. The summed E-state index contributed by atoms with van der Waals surface area (Å²) in [6.07, 6.45) is 4.36. The van der Waals surface area contributed by atoms with Gasteiger partial charge < -0.3 is 14.3 Å². The number of H-pyrrole nitrogens is 1. The van der Waals surface area contributed by atoms with Gasteiger partial charge in [0, 0.05) is 23.7 Å². The average molecular weight is 489 g/mol. The van der Waals surface area contributed by atoms with Gasteiger partial charge in [-0.15, -0.1) is 0 Å². The number of aromatic amines is 1. The van der Waals surface area contributed by atoms with Crippen LogP contribution >= 0.6 is 0 Å². The number of para-hydroxylation sites is 1. The molecule has 33 heavy (non-hydrogen) atoms. The van der Waals surface area contributed by atoms with Crippen molar-refractivity contribution in [3.05, 3.63) is 41.1 Å². The number of alkyl halides is 3. The second-order valence-electron chi connectivity index (χ2n) is 8.14. The summed E-state index contributed by atoms with van der Waals surface area (Å²) in [5.41, 5.74) is 1.14. The molecule has 2 aliphatic heterocycles. The van der Waals surface area contributed by atoms with Crippen LogP contribution in [0.4, 0.5) is 13.2 Å². The number of aromatic nitrogens is 1. The fourth-order valence-corrected chi connectivity index (χ4v) is 4.82. The molecule has 1 unspecified atom stereocenters. The van der Waals surface area contributed by atoms with Crippen molar-refractivity contribution in [2.45, 2.75) is 45.0 Å². The molecule has 1 atom stereocenters. The van der Waals surface area contributed by atoms with Crippen molar-refractivity contribution in [2.75, 3.05) is 26.2 Å². The number of hydrogen-bond acceptors (Lipinski definition) is 5. The molecule has 0 amide bonds. The van der Waals surface area contributed by atoms with E-state index in [9.17, 15) is 18.0 Å². The smallest absolute Gasteiger partial charge is 0.485 e. The molecule has 0 bridgehead atoms. The fraction of sp³-hybridized carbons (Fsp3) is 0.500. The van der Waals surface area contributed by atoms with Gasteiger partial charge in [0.1, 0.15) is 5.69 Å². The number of halogens is 3. The summed E-state index contributed by atoms with van der Waals surface area (Å²) in [6.45, 7) is 7.06. The molecule has 11 heteroatoms. The Bertz CT molecular complexity index is 1170. The maximum Gasteiger partial charge on any atom is 0.485 e. The summed E-state index contributed by atoms with van der Waals surface area (Å²) in [5.74, 6) is -0.0723. The number of nitrogens with one attached hydrogen (secondary N) is 1. The van der Waals surface area contributed by atoms with Gasteiger partial charge in [-0.2, -0.15) is 13.2 Å². The average Bonchev–Trinajstić information content (AvgIpc) is 3.10. The van der Waals surface area contributed by atoms with Gasteiger partial charge in [-0.05, 0) is 37.0 Å². The highest BCUT2D eigenvalue weighted by molar-refractivity contribution is 7.86. The zero-order valence-electron chi connectivity index (χ0n) is 18.5. The first kappa shape index (κ1) is 25.3. The molecule has 1 N–H and O–H groups in total. The van der Waals surface area contributed by atoms with Crippen LogP contribution < -0.4 is 0 Å². The van der Waals surface area contributed by atoms with Crippen LogP contribution in [-0.4, -0.2) is 60.2 Å². The first-order valence-electron chi connectivity index (χ1n) is 10.8. The van der Waals surface area contributed by atoms with E-state index in [0.717, 1.165) is 43.3 Å². The molecule has 0 saturated heterocycles. The number of rotatable bonds is 4. The highest BCUT2D eigenvalue weighted by Gasteiger charge is 2.45. The van der Waals surface area contributed by atoms with E-state index in [0.29, 0.717) is 13.2 Å². The van der Waals surface area contributed by atoms with E-state index in [2.05, 4.69) is 36.2 Å². The Labute approximate surface area is 190 Å². The SMILES string of the molecule is CCOC(=O)C[N+]12CCCC(CC)=C1c1[nH]c3ccccc3c1CC2.O=S(=O)([O-])C(F)(F)F. The van der Waals surface area contributed by atoms with Crippen LogP contribution in [0, 0.1) is 0 Å². The number of allylic oxidation sites excluding steroid dienone is 1. The molecule has 0 saturated carbocycles. The number of ether oxygens (including phenoxy) is 1. The van der Waals surface area contributed by atoms with Gasteiger partial charge in [-0.3, -0.25) is 4.48 Å². The third kappa shape index (κ3) is 5.10. The Morgan fingerprint density at radius 3 is 2.45 bits per heavy atom. The van der Waals surface area contributed by atoms with Crippen molar-refractivity contribution in [2.24, 2.45) is 0 Å². The second-order valence-corrected chi connectivity index (χ2v) is 9.51. The third-order valence-electron chi connectivity index (χ3n) is 6.16. The van der Waals surface area contributed by atoms with E-state index in [1.807, 2.05) is 6.92 Å². The Hall–Kier alpha value is -2.37. The topological polar surface area (TPSA) is 99.3 Å². The number of hydrogen-bond donors (Lipinski definition) is 1. The lowest BCUT2D eigenvalue weighted by molar-refractivity contribution is -0.856. The maximum absolute atomic E-state index is 12.4. The summed E-state index contributed by atoms with van der Waals surface area (Å²) in [7, 11) is -6.09. The molecule has 2 aromatic rings. The van der Waals surface area contributed by atoms with Crippen LogP contribution in [0.25, 0.3) is 16.6 Å². The Balaban J connectivity index is 0.000000331. The lowest BCUT2D eigenvalue weighted by Crippen LogP contribution is -2.55. The van der Waals surface area contributed by atoms with Crippen LogP contribution in [0.15, 0.2) is 29.8 Å².